The molecule has 1 aliphatic rings. The van der Waals surface area contributed by atoms with E-state index in [1.165, 1.54) is 6.42 Å². The highest BCUT2D eigenvalue weighted by atomic mass is 35.5. The van der Waals surface area contributed by atoms with Crippen molar-refractivity contribution < 1.29 is 8.42 Å². The zero-order chi connectivity index (χ0) is 13.6. The van der Waals surface area contributed by atoms with Crippen LogP contribution in [0.3, 0.4) is 0 Å². The summed E-state index contributed by atoms with van der Waals surface area (Å²) >= 11 is 5.78. The van der Waals surface area contributed by atoms with Crippen molar-refractivity contribution in [2.24, 2.45) is 5.92 Å². The fraction of sp³-hybridized carbons (Fsp3) is 1.00. The highest BCUT2D eigenvalue weighted by molar-refractivity contribution is 7.89. The molecule has 0 heterocycles. The summed E-state index contributed by atoms with van der Waals surface area (Å²) < 4.78 is 26.5. The van der Waals surface area contributed by atoms with Crippen LogP contribution in [0.2, 0.25) is 0 Å². The van der Waals surface area contributed by atoms with Gasteiger partial charge in [-0.25, -0.2) is 8.42 Å². The highest BCUT2D eigenvalue weighted by Crippen LogP contribution is 2.25. The molecule has 1 aliphatic carbocycles. The molecular weight excluding hydrogens is 270 g/mol. The van der Waals surface area contributed by atoms with Gasteiger partial charge >= 0.3 is 0 Å². The number of rotatable bonds is 7. The molecule has 0 aromatic heterocycles. The first-order valence-corrected chi connectivity index (χ1v) is 9.17. The van der Waals surface area contributed by atoms with Gasteiger partial charge in [0.1, 0.15) is 0 Å². The zero-order valence-corrected chi connectivity index (χ0v) is 13.1. The van der Waals surface area contributed by atoms with E-state index >= 15 is 0 Å². The Morgan fingerprint density at radius 3 is 2.33 bits per heavy atom. The SMILES string of the molecule is CC(C)CCS(=O)(=O)N(CCCl)C1CCCCC1. The molecular formula is C13H26ClNO2S. The third kappa shape index (κ3) is 5.06. The first kappa shape index (κ1) is 16.3. The van der Waals surface area contributed by atoms with Crippen molar-refractivity contribution >= 4 is 21.6 Å². The summed E-state index contributed by atoms with van der Waals surface area (Å²) in [6, 6.07) is 0.190. The van der Waals surface area contributed by atoms with Crippen LogP contribution in [0, 0.1) is 5.92 Å². The minimum absolute atomic E-state index is 0.190. The molecule has 0 spiro atoms. The van der Waals surface area contributed by atoms with Gasteiger partial charge in [-0.05, 0) is 25.2 Å². The number of hydrogen-bond acceptors (Lipinski definition) is 2. The lowest BCUT2D eigenvalue weighted by Crippen LogP contribution is -2.43. The summed E-state index contributed by atoms with van der Waals surface area (Å²) in [5, 5.41) is 0. The Kier molecular flexibility index (Phi) is 6.96. The number of alkyl halides is 1. The molecule has 0 aromatic carbocycles. The molecule has 0 N–H and O–H groups in total. The average Bonchev–Trinajstić information content (AvgIpc) is 2.34. The predicted octanol–water partition coefficient (Wildman–Crippen LogP) is 3.24. The third-order valence-electron chi connectivity index (χ3n) is 3.60. The van der Waals surface area contributed by atoms with E-state index in [2.05, 4.69) is 13.8 Å². The van der Waals surface area contributed by atoms with Crippen LogP contribution in [-0.2, 0) is 10.0 Å². The second-order valence-electron chi connectivity index (χ2n) is 5.59. The Morgan fingerprint density at radius 1 is 1.22 bits per heavy atom. The highest BCUT2D eigenvalue weighted by Gasteiger charge is 2.30. The van der Waals surface area contributed by atoms with Crippen molar-refractivity contribution in [3.8, 4) is 0 Å². The van der Waals surface area contributed by atoms with Crippen LogP contribution in [0.15, 0.2) is 0 Å². The van der Waals surface area contributed by atoms with Crippen molar-refractivity contribution in [3.63, 3.8) is 0 Å². The van der Waals surface area contributed by atoms with E-state index in [0.717, 1.165) is 32.1 Å². The molecule has 5 heteroatoms. The summed E-state index contributed by atoms with van der Waals surface area (Å²) in [6.45, 7) is 4.58. The van der Waals surface area contributed by atoms with Crippen LogP contribution in [-0.4, -0.2) is 36.9 Å². The van der Waals surface area contributed by atoms with Crippen LogP contribution in [0.1, 0.15) is 52.4 Å². The van der Waals surface area contributed by atoms with Gasteiger partial charge in [-0.3, -0.25) is 0 Å². The molecule has 0 amide bonds. The van der Waals surface area contributed by atoms with Gasteiger partial charge in [-0.15, -0.1) is 11.6 Å². The van der Waals surface area contributed by atoms with Crippen molar-refractivity contribution in [1.82, 2.24) is 4.31 Å². The standard InChI is InChI=1S/C13H26ClNO2S/c1-12(2)8-11-18(16,17)15(10-9-14)13-6-4-3-5-7-13/h12-13H,3-11H2,1-2H3. The van der Waals surface area contributed by atoms with Gasteiger partial charge in [0, 0.05) is 18.5 Å². The van der Waals surface area contributed by atoms with Gasteiger partial charge in [-0.1, -0.05) is 33.1 Å². The molecule has 1 saturated carbocycles. The lowest BCUT2D eigenvalue weighted by atomic mass is 9.95. The second kappa shape index (κ2) is 7.71. The number of nitrogens with zero attached hydrogens (tertiary/aromatic N) is 1. The van der Waals surface area contributed by atoms with E-state index in [-0.39, 0.29) is 11.8 Å². The second-order valence-corrected chi connectivity index (χ2v) is 8.01. The van der Waals surface area contributed by atoms with E-state index in [1.54, 1.807) is 4.31 Å². The molecule has 1 fully saturated rings. The van der Waals surface area contributed by atoms with Crippen LogP contribution >= 0.6 is 11.6 Å². The zero-order valence-electron chi connectivity index (χ0n) is 11.6. The topological polar surface area (TPSA) is 37.4 Å². The van der Waals surface area contributed by atoms with Gasteiger partial charge in [0.05, 0.1) is 5.75 Å². The van der Waals surface area contributed by atoms with Crippen LogP contribution in [0.4, 0.5) is 0 Å². The lowest BCUT2D eigenvalue weighted by Gasteiger charge is -2.33. The monoisotopic (exact) mass is 295 g/mol. The molecule has 0 saturated heterocycles. The molecule has 18 heavy (non-hydrogen) atoms. The maximum atomic E-state index is 12.4. The predicted molar refractivity (Wildman–Crippen MR) is 77.5 cm³/mol. The minimum Gasteiger partial charge on any atom is -0.212 e. The van der Waals surface area contributed by atoms with Crippen LogP contribution in [0.25, 0.3) is 0 Å². The van der Waals surface area contributed by atoms with E-state index in [1.807, 2.05) is 0 Å². The molecule has 108 valence electrons. The number of sulfonamides is 1. The quantitative estimate of drug-likeness (QED) is 0.676. The largest absolute Gasteiger partial charge is 0.214 e. The van der Waals surface area contributed by atoms with E-state index < -0.39 is 10.0 Å². The van der Waals surface area contributed by atoms with Gasteiger partial charge in [0.25, 0.3) is 0 Å². The summed E-state index contributed by atoms with van der Waals surface area (Å²) in [7, 11) is -3.13. The molecule has 0 radical (unpaired) electrons. The Morgan fingerprint density at radius 2 is 1.83 bits per heavy atom. The van der Waals surface area contributed by atoms with Gasteiger partial charge in [-0.2, -0.15) is 4.31 Å². The Balaban J connectivity index is 2.69. The van der Waals surface area contributed by atoms with Crippen molar-refractivity contribution in [2.45, 2.75) is 58.4 Å². The van der Waals surface area contributed by atoms with Gasteiger partial charge in [0.2, 0.25) is 10.0 Å². The third-order valence-corrected chi connectivity index (χ3v) is 5.71. The smallest absolute Gasteiger partial charge is 0.212 e. The fourth-order valence-electron chi connectivity index (χ4n) is 2.50. The maximum absolute atomic E-state index is 12.4. The first-order valence-electron chi connectivity index (χ1n) is 7.03. The van der Waals surface area contributed by atoms with Crippen molar-refractivity contribution in [1.29, 1.82) is 0 Å². The Hall–Kier alpha value is 0.200. The average molecular weight is 296 g/mol. The van der Waals surface area contributed by atoms with Crippen LogP contribution in [0.5, 0.6) is 0 Å². The fourth-order valence-corrected chi connectivity index (χ4v) is 4.82. The summed E-state index contributed by atoms with van der Waals surface area (Å²) in [5.41, 5.74) is 0. The Labute approximate surface area is 117 Å². The Bertz CT molecular complexity index is 324. The van der Waals surface area contributed by atoms with Crippen molar-refractivity contribution in [3.05, 3.63) is 0 Å². The van der Waals surface area contributed by atoms with E-state index in [4.69, 9.17) is 11.6 Å². The molecule has 0 unspecified atom stereocenters. The van der Waals surface area contributed by atoms with E-state index in [9.17, 15) is 8.42 Å². The first-order chi connectivity index (χ1) is 8.47. The molecule has 0 aromatic rings. The molecule has 0 aliphatic heterocycles. The number of hydrogen-bond donors (Lipinski definition) is 0. The van der Waals surface area contributed by atoms with Gasteiger partial charge in [0.15, 0.2) is 0 Å². The van der Waals surface area contributed by atoms with Gasteiger partial charge < -0.3 is 0 Å². The molecule has 0 atom stereocenters. The molecule has 1 rings (SSSR count). The van der Waals surface area contributed by atoms with Crippen LogP contribution < -0.4 is 0 Å². The normalized spacial score (nSPS) is 18.7. The minimum atomic E-state index is -3.13. The number of halogens is 1. The summed E-state index contributed by atoms with van der Waals surface area (Å²) in [5.74, 6) is 1.07. The van der Waals surface area contributed by atoms with Crippen molar-refractivity contribution in [2.75, 3.05) is 18.2 Å². The summed E-state index contributed by atoms with van der Waals surface area (Å²) in [6.07, 6.45) is 6.24. The van der Waals surface area contributed by atoms with E-state index in [0.29, 0.717) is 18.3 Å². The summed E-state index contributed by atoms with van der Waals surface area (Å²) in [4.78, 5) is 0. The molecule has 3 nitrogen and oxygen atoms in total. The molecule has 0 bridgehead atoms. The lowest BCUT2D eigenvalue weighted by molar-refractivity contribution is 0.261. The maximum Gasteiger partial charge on any atom is 0.214 e.